The number of carbonyl (C=O) groups excluding carboxylic acids is 2. The first-order valence-corrected chi connectivity index (χ1v) is 8.71. The Balaban J connectivity index is 1.54. The second-order valence-corrected chi connectivity index (χ2v) is 6.48. The van der Waals surface area contributed by atoms with Crippen molar-refractivity contribution in [3.8, 4) is 0 Å². The maximum absolute atomic E-state index is 12.3. The Labute approximate surface area is 154 Å². The number of amides is 1. The highest BCUT2D eigenvalue weighted by atomic mass is 79.9. The van der Waals surface area contributed by atoms with Crippen LogP contribution in [0.3, 0.4) is 0 Å². The molecule has 0 spiro atoms. The number of nitrogens with zero attached hydrogens (tertiary/aromatic N) is 4. The van der Waals surface area contributed by atoms with E-state index in [2.05, 4.69) is 25.9 Å². The number of carbonyl (C=O) groups is 2. The zero-order valence-electron chi connectivity index (χ0n) is 13.5. The van der Waals surface area contributed by atoms with E-state index in [9.17, 15) is 9.59 Å². The van der Waals surface area contributed by atoms with Gasteiger partial charge in [-0.3, -0.25) is 9.59 Å². The summed E-state index contributed by atoms with van der Waals surface area (Å²) in [6, 6.07) is 8.82. The van der Waals surface area contributed by atoms with E-state index in [4.69, 9.17) is 0 Å². The molecular weight excluding hydrogens is 384 g/mol. The highest BCUT2D eigenvalue weighted by Gasteiger charge is 2.21. The summed E-state index contributed by atoms with van der Waals surface area (Å²) < 4.78 is 0.907. The van der Waals surface area contributed by atoms with Crippen LogP contribution in [0, 0.1) is 0 Å². The third-order valence-corrected chi connectivity index (χ3v) is 4.46. The number of halogens is 1. The molecular formula is C18H17BrN4O2. The van der Waals surface area contributed by atoms with E-state index in [1.165, 1.54) is 12.2 Å². The highest BCUT2D eigenvalue weighted by Crippen LogP contribution is 2.12. The molecule has 1 fully saturated rings. The molecule has 2 heterocycles. The van der Waals surface area contributed by atoms with Crippen molar-refractivity contribution < 1.29 is 9.59 Å². The molecule has 0 N–H and O–H groups in total. The molecule has 25 heavy (non-hydrogen) atoms. The van der Waals surface area contributed by atoms with Crippen molar-refractivity contribution in [3.63, 3.8) is 0 Å². The predicted octanol–water partition coefficient (Wildman–Crippen LogP) is 2.33. The zero-order chi connectivity index (χ0) is 17.6. The van der Waals surface area contributed by atoms with Gasteiger partial charge in [0, 0.05) is 54.7 Å². The second kappa shape index (κ2) is 8.02. The lowest BCUT2D eigenvalue weighted by atomic mass is 10.1. The topological polar surface area (TPSA) is 66.4 Å². The number of allylic oxidation sites excluding steroid dienone is 1. The third kappa shape index (κ3) is 4.51. The largest absolute Gasteiger partial charge is 0.337 e. The van der Waals surface area contributed by atoms with Gasteiger partial charge in [0.25, 0.3) is 0 Å². The summed E-state index contributed by atoms with van der Waals surface area (Å²) in [7, 11) is 0. The molecule has 1 aromatic carbocycles. The summed E-state index contributed by atoms with van der Waals surface area (Å²) in [4.78, 5) is 36.6. The number of hydrogen-bond acceptors (Lipinski definition) is 5. The highest BCUT2D eigenvalue weighted by molar-refractivity contribution is 9.10. The molecule has 1 saturated heterocycles. The molecule has 128 valence electrons. The number of piperazine rings is 1. The van der Waals surface area contributed by atoms with E-state index in [0.717, 1.165) is 4.47 Å². The molecule has 0 saturated carbocycles. The van der Waals surface area contributed by atoms with Crippen molar-refractivity contribution >= 4 is 33.6 Å². The van der Waals surface area contributed by atoms with Crippen molar-refractivity contribution in [1.29, 1.82) is 0 Å². The molecule has 3 rings (SSSR count). The Bertz CT molecular complexity index is 769. The SMILES string of the molecule is O=C(/C=C/C(=O)N1CCN(c2ncccn2)CC1)c1ccc(Br)cc1. The zero-order valence-corrected chi connectivity index (χ0v) is 15.1. The van der Waals surface area contributed by atoms with Crippen molar-refractivity contribution in [2.24, 2.45) is 0 Å². The van der Waals surface area contributed by atoms with Gasteiger partial charge in [0.15, 0.2) is 5.78 Å². The Morgan fingerprint density at radius 1 is 0.960 bits per heavy atom. The van der Waals surface area contributed by atoms with Gasteiger partial charge in [-0.25, -0.2) is 9.97 Å². The van der Waals surface area contributed by atoms with Crippen molar-refractivity contribution in [2.75, 3.05) is 31.1 Å². The minimum Gasteiger partial charge on any atom is -0.337 e. The summed E-state index contributed by atoms with van der Waals surface area (Å²) >= 11 is 3.33. The molecule has 1 aromatic heterocycles. The van der Waals surface area contributed by atoms with E-state index in [1.807, 2.05) is 4.90 Å². The molecule has 0 radical (unpaired) electrons. The fourth-order valence-electron chi connectivity index (χ4n) is 2.54. The maximum Gasteiger partial charge on any atom is 0.246 e. The molecule has 0 unspecified atom stereocenters. The summed E-state index contributed by atoms with van der Waals surface area (Å²) in [5.74, 6) is 0.340. The minimum atomic E-state index is -0.183. The van der Waals surface area contributed by atoms with Gasteiger partial charge in [0.05, 0.1) is 0 Å². The predicted molar refractivity (Wildman–Crippen MR) is 98.4 cm³/mol. The number of hydrogen-bond donors (Lipinski definition) is 0. The number of aromatic nitrogens is 2. The van der Waals surface area contributed by atoms with Crippen LogP contribution >= 0.6 is 15.9 Å². The van der Waals surface area contributed by atoms with Crippen molar-refractivity contribution in [1.82, 2.24) is 14.9 Å². The first-order chi connectivity index (χ1) is 12.1. The van der Waals surface area contributed by atoms with Gasteiger partial charge in [-0.15, -0.1) is 0 Å². The summed E-state index contributed by atoms with van der Waals surface area (Å²) in [6.07, 6.45) is 6.09. The number of rotatable bonds is 4. The first kappa shape index (κ1) is 17.3. The molecule has 1 aliphatic heterocycles. The minimum absolute atomic E-state index is 0.154. The molecule has 0 bridgehead atoms. The Kier molecular flexibility index (Phi) is 5.55. The summed E-state index contributed by atoms with van der Waals surface area (Å²) in [5.41, 5.74) is 0.554. The summed E-state index contributed by atoms with van der Waals surface area (Å²) in [5, 5.41) is 0. The molecule has 7 heteroatoms. The van der Waals surface area contributed by atoms with Gasteiger partial charge in [0.2, 0.25) is 11.9 Å². The lowest BCUT2D eigenvalue weighted by Gasteiger charge is -2.34. The fraction of sp³-hybridized carbons (Fsp3) is 0.222. The van der Waals surface area contributed by atoms with Crippen LogP contribution in [0.5, 0.6) is 0 Å². The quantitative estimate of drug-likeness (QED) is 0.581. The smallest absolute Gasteiger partial charge is 0.246 e. The van der Waals surface area contributed by atoms with E-state index in [-0.39, 0.29) is 11.7 Å². The molecule has 1 aliphatic rings. The van der Waals surface area contributed by atoms with E-state index in [1.54, 1.807) is 47.6 Å². The van der Waals surface area contributed by atoms with Gasteiger partial charge in [0.1, 0.15) is 0 Å². The van der Waals surface area contributed by atoms with Gasteiger partial charge in [-0.05, 0) is 36.4 Å². The Morgan fingerprint density at radius 3 is 2.24 bits per heavy atom. The first-order valence-electron chi connectivity index (χ1n) is 7.92. The van der Waals surface area contributed by atoms with Crippen LogP contribution in [0.4, 0.5) is 5.95 Å². The van der Waals surface area contributed by atoms with Crippen molar-refractivity contribution in [3.05, 3.63) is 64.9 Å². The van der Waals surface area contributed by atoms with Crippen LogP contribution in [0.1, 0.15) is 10.4 Å². The second-order valence-electron chi connectivity index (χ2n) is 5.57. The number of benzene rings is 1. The summed E-state index contributed by atoms with van der Waals surface area (Å²) in [6.45, 7) is 2.50. The van der Waals surface area contributed by atoms with Crippen LogP contribution < -0.4 is 4.90 Å². The average molecular weight is 401 g/mol. The van der Waals surface area contributed by atoms with E-state index in [0.29, 0.717) is 37.7 Å². The van der Waals surface area contributed by atoms with Gasteiger partial charge < -0.3 is 9.80 Å². The molecule has 0 aliphatic carbocycles. The van der Waals surface area contributed by atoms with Gasteiger partial charge in [-0.1, -0.05) is 15.9 Å². The molecule has 6 nitrogen and oxygen atoms in total. The fourth-order valence-corrected chi connectivity index (χ4v) is 2.81. The van der Waals surface area contributed by atoms with Crippen LogP contribution in [0.15, 0.2) is 59.4 Å². The number of anilines is 1. The molecule has 0 atom stereocenters. The van der Waals surface area contributed by atoms with Crippen LogP contribution in [-0.4, -0.2) is 52.7 Å². The standard InChI is InChI=1S/C18H17BrN4O2/c19-15-4-2-14(3-5-15)16(24)6-7-17(25)22-10-12-23(13-11-22)18-20-8-1-9-21-18/h1-9H,10-13H2/b7-6+. The normalized spacial score (nSPS) is 14.8. The average Bonchev–Trinajstić information content (AvgIpc) is 2.67. The van der Waals surface area contributed by atoms with Crippen LogP contribution in [-0.2, 0) is 4.79 Å². The van der Waals surface area contributed by atoms with Crippen LogP contribution in [0.25, 0.3) is 0 Å². The molecule has 2 aromatic rings. The van der Waals surface area contributed by atoms with Gasteiger partial charge in [-0.2, -0.15) is 0 Å². The number of ketones is 1. The van der Waals surface area contributed by atoms with E-state index >= 15 is 0 Å². The van der Waals surface area contributed by atoms with Gasteiger partial charge >= 0.3 is 0 Å². The Hall–Kier alpha value is -2.54. The Morgan fingerprint density at radius 2 is 1.60 bits per heavy atom. The van der Waals surface area contributed by atoms with Crippen molar-refractivity contribution in [2.45, 2.75) is 0 Å². The third-order valence-electron chi connectivity index (χ3n) is 3.93. The monoisotopic (exact) mass is 400 g/mol. The molecule has 1 amide bonds. The van der Waals surface area contributed by atoms with E-state index < -0.39 is 0 Å². The lowest BCUT2D eigenvalue weighted by Crippen LogP contribution is -2.48. The maximum atomic E-state index is 12.3. The lowest BCUT2D eigenvalue weighted by molar-refractivity contribution is -0.126. The van der Waals surface area contributed by atoms with Crippen LogP contribution in [0.2, 0.25) is 0 Å².